The van der Waals surface area contributed by atoms with Crippen LogP contribution >= 0.6 is 11.3 Å². The highest BCUT2D eigenvalue weighted by atomic mass is 32.1. The van der Waals surface area contributed by atoms with Crippen molar-refractivity contribution in [1.29, 1.82) is 0 Å². The van der Waals surface area contributed by atoms with Crippen LogP contribution in [0.3, 0.4) is 0 Å². The molecule has 0 amide bonds. The third kappa shape index (κ3) is 4.04. The zero-order valence-electron chi connectivity index (χ0n) is 28.0. The molecule has 12 rings (SSSR count). The molecule has 2 aromatic heterocycles. The van der Waals surface area contributed by atoms with Crippen molar-refractivity contribution in [1.82, 2.24) is 0 Å². The first-order chi connectivity index (χ1) is 25.7. The Balaban J connectivity index is 0.960. The van der Waals surface area contributed by atoms with Gasteiger partial charge in [-0.05, 0) is 108 Å². The van der Waals surface area contributed by atoms with Gasteiger partial charge in [0.05, 0.1) is 0 Å². The van der Waals surface area contributed by atoms with Crippen LogP contribution in [0.1, 0.15) is 0 Å². The van der Waals surface area contributed by atoms with E-state index in [1.807, 2.05) is 11.3 Å². The minimum Gasteiger partial charge on any atom is -0.455 e. The van der Waals surface area contributed by atoms with E-state index in [1.54, 1.807) is 0 Å². The molecule has 2 heteroatoms. The minimum absolute atomic E-state index is 0.920. The van der Waals surface area contributed by atoms with Crippen molar-refractivity contribution in [2.75, 3.05) is 0 Å². The molecule has 0 radical (unpaired) electrons. The maximum absolute atomic E-state index is 6.74. The Kier molecular flexibility index (Phi) is 5.71. The number of thiophene rings is 1. The number of fused-ring (bicyclic) bond motifs is 15. The number of benzene rings is 10. The van der Waals surface area contributed by atoms with Crippen LogP contribution in [0, 0.1) is 0 Å². The van der Waals surface area contributed by atoms with E-state index in [1.165, 1.54) is 85.3 Å². The quantitative estimate of drug-likeness (QED) is 0.166. The Morgan fingerprint density at radius 2 is 0.750 bits per heavy atom. The van der Waals surface area contributed by atoms with Crippen molar-refractivity contribution in [3.8, 4) is 22.3 Å². The van der Waals surface area contributed by atoms with Gasteiger partial charge in [0.1, 0.15) is 11.2 Å². The summed E-state index contributed by atoms with van der Waals surface area (Å²) in [5, 5.41) is 17.5. The van der Waals surface area contributed by atoms with Gasteiger partial charge in [-0.25, -0.2) is 0 Å². The number of furan rings is 1. The van der Waals surface area contributed by atoms with Crippen LogP contribution in [0.5, 0.6) is 0 Å². The second-order valence-electron chi connectivity index (χ2n) is 14.1. The van der Waals surface area contributed by atoms with Gasteiger partial charge in [-0.1, -0.05) is 127 Å². The first-order valence-electron chi connectivity index (χ1n) is 17.8. The van der Waals surface area contributed by atoms with Gasteiger partial charge in [-0.15, -0.1) is 11.3 Å². The fourth-order valence-corrected chi connectivity index (χ4v) is 9.89. The van der Waals surface area contributed by atoms with Gasteiger partial charge in [0, 0.05) is 41.7 Å². The average Bonchev–Trinajstić information content (AvgIpc) is 3.78. The summed E-state index contributed by atoms with van der Waals surface area (Å²) in [7, 11) is 0. The lowest BCUT2D eigenvalue weighted by atomic mass is 9.96. The van der Waals surface area contributed by atoms with Gasteiger partial charge >= 0.3 is 0 Å². The van der Waals surface area contributed by atoms with Crippen LogP contribution in [0.15, 0.2) is 174 Å². The third-order valence-electron chi connectivity index (χ3n) is 11.2. The largest absolute Gasteiger partial charge is 0.455 e. The zero-order valence-corrected chi connectivity index (χ0v) is 28.8. The van der Waals surface area contributed by atoms with Crippen molar-refractivity contribution in [2.24, 2.45) is 0 Å². The van der Waals surface area contributed by atoms with E-state index in [-0.39, 0.29) is 0 Å². The predicted octanol–water partition coefficient (Wildman–Crippen LogP) is 15.1. The summed E-state index contributed by atoms with van der Waals surface area (Å²) >= 11 is 1.88. The molecule has 0 atom stereocenters. The van der Waals surface area contributed by atoms with E-state index in [4.69, 9.17) is 4.42 Å². The normalized spacial score (nSPS) is 12.2. The average molecular weight is 677 g/mol. The number of hydrogen-bond acceptors (Lipinski definition) is 2. The Hall–Kier alpha value is -6.48. The molecule has 10 aromatic carbocycles. The molecule has 12 aromatic rings. The molecular weight excluding hydrogens is 649 g/mol. The zero-order chi connectivity index (χ0) is 33.9. The number of rotatable bonds is 2. The van der Waals surface area contributed by atoms with Crippen molar-refractivity contribution < 1.29 is 4.42 Å². The molecule has 0 aliphatic heterocycles. The highest BCUT2D eigenvalue weighted by Gasteiger charge is 2.16. The second-order valence-corrected chi connectivity index (χ2v) is 15.1. The summed E-state index contributed by atoms with van der Waals surface area (Å²) in [4.78, 5) is 0. The second kappa shape index (κ2) is 10.5. The molecule has 0 aliphatic carbocycles. The highest BCUT2D eigenvalue weighted by molar-refractivity contribution is 7.26. The van der Waals surface area contributed by atoms with Gasteiger partial charge in [0.15, 0.2) is 0 Å². The Labute approximate surface area is 302 Å². The Morgan fingerprint density at radius 1 is 0.308 bits per heavy atom. The molecule has 0 unspecified atom stereocenters. The Morgan fingerprint density at radius 3 is 1.40 bits per heavy atom. The maximum Gasteiger partial charge on any atom is 0.143 e. The molecule has 52 heavy (non-hydrogen) atoms. The lowest BCUT2D eigenvalue weighted by molar-refractivity contribution is 0.673. The smallest absolute Gasteiger partial charge is 0.143 e. The van der Waals surface area contributed by atoms with Gasteiger partial charge in [0.2, 0.25) is 0 Å². The van der Waals surface area contributed by atoms with Crippen molar-refractivity contribution >= 4 is 107 Å². The lowest BCUT2D eigenvalue weighted by Crippen LogP contribution is -1.81. The fraction of sp³-hybridized carbons (Fsp3) is 0. The Bertz CT molecular complexity index is 3240. The van der Waals surface area contributed by atoms with Crippen LogP contribution < -0.4 is 0 Å². The first kappa shape index (κ1) is 28.2. The van der Waals surface area contributed by atoms with E-state index in [0.717, 1.165) is 32.9 Å². The van der Waals surface area contributed by atoms with E-state index >= 15 is 0 Å². The van der Waals surface area contributed by atoms with Crippen LogP contribution in [0.2, 0.25) is 0 Å². The standard InChI is InChI=1S/C50H28OS/c1-3-7-37-29(5-1)9-11-35-25-31(13-17-39(35)37)33-15-19-41-43-21-24-46-44(49(43)51-47(41)27-33)22-23-45-42-20-16-34(28-48(42)52-50(45)46)32-14-18-40-36(26-32)12-10-30-6-2-4-8-38(30)40/h1-28H. The third-order valence-corrected chi connectivity index (χ3v) is 12.4. The molecule has 1 nitrogen and oxygen atoms in total. The first-order valence-corrected chi connectivity index (χ1v) is 18.6. The summed E-state index contributed by atoms with van der Waals surface area (Å²) in [6.07, 6.45) is 0. The van der Waals surface area contributed by atoms with E-state index in [2.05, 4.69) is 170 Å². The summed E-state index contributed by atoms with van der Waals surface area (Å²) in [5.74, 6) is 0. The van der Waals surface area contributed by atoms with E-state index < -0.39 is 0 Å². The number of hydrogen-bond donors (Lipinski definition) is 0. The molecule has 0 bridgehead atoms. The molecule has 2 heterocycles. The summed E-state index contributed by atoms with van der Waals surface area (Å²) in [6.45, 7) is 0. The maximum atomic E-state index is 6.74. The molecule has 0 saturated carbocycles. The topological polar surface area (TPSA) is 13.1 Å². The summed E-state index contributed by atoms with van der Waals surface area (Å²) < 4.78 is 9.35. The molecule has 0 fully saturated rings. The molecule has 0 N–H and O–H groups in total. The van der Waals surface area contributed by atoms with Gasteiger partial charge < -0.3 is 4.42 Å². The van der Waals surface area contributed by atoms with Crippen molar-refractivity contribution in [3.63, 3.8) is 0 Å². The van der Waals surface area contributed by atoms with Gasteiger partial charge in [-0.2, -0.15) is 0 Å². The van der Waals surface area contributed by atoms with Crippen LogP contribution in [-0.4, -0.2) is 0 Å². The van der Waals surface area contributed by atoms with Gasteiger partial charge in [-0.3, -0.25) is 0 Å². The predicted molar refractivity (Wildman–Crippen MR) is 225 cm³/mol. The van der Waals surface area contributed by atoms with Crippen LogP contribution in [0.4, 0.5) is 0 Å². The van der Waals surface area contributed by atoms with Gasteiger partial charge in [0.25, 0.3) is 0 Å². The fourth-order valence-electron chi connectivity index (χ4n) is 8.62. The SMILES string of the molecule is c1ccc2c(c1)ccc1cc(-c3ccc4c(c3)oc3c4ccc4c3ccc3c5ccc(-c6ccc7c(ccc8ccccc87)c6)cc5sc34)ccc12. The molecule has 0 spiro atoms. The van der Waals surface area contributed by atoms with Crippen molar-refractivity contribution in [2.45, 2.75) is 0 Å². The van der Waals surface area contributed by atoms with E-state index in [0.29, 0.717) is 0 Å². The monoisotopic (exact) mass is 676 g/mol. The lowest BCUT2D eigenvalue weighted by Gasteiger charge is -2.07. The highest BCUT2D eigenvalue weighted by Crippen LogP contribution is 2.44. The summed E-state index contributed by atoms with van der Waals surface area (Å²) in [6, 6.07) is 62.5. The summed E-state index contributed by atoms with van der Waals surface area (Å²) in [5.41, 5.74) is 6.72. The molecule has 0 saturated heterocycles. The van der Waals surface area contributed by atoms with Crippen LogP contribution in [0.25, 0.3) is 118 Å². The minimum atomic E-state index is 0.920. The molecule has 0 aliphatic rings. The van der Waals surface area contributed by atoms with Crippen LogP contribution in [-0.2, 0) is 0 Å². The molecule has 240 valence electrons. The molecular formula is C50H28OS. The van der Waals surface area contributed by atoms with Crippen molar-refractivity contribution in [3.05, 3.63) is 170 Å². The van der Waals surface area contributed by atoms with E-state index in [9.17, 15) is 0 Å².